The Balaban J connectivity index is 1.45. The van der Waals surface area contributed by atoms with Gasteiger partial charge in [0, 0.05) is 63.3 Å². The molecule has 0 bridgehead atoms. The van der Waals surface area contributed by atoms with Crippen molar-refractivity contribution in [2.24, 2.45) is 0 Å². The van der Waals surface area contributed by atoms with Gasteiger partial charge >= 0.3 is 0 Å². The zero-order valence-electron chi connectivity index (χ0n) is 18.4. The van der Waals surface area contributed by atoms with Crippen LogP contribution in [0.15, 0.2) is 71.7 Å². The van der Waals surface area contributed by atoms with Gasteiger partial charge in [0.15, 0.2) is 0 Å². The monoisotopic (exact) mass is 431 g/mol. The van der Waals surface area contributed by atoms with E-state index in [2.05, 4.69) is 29.2 Å². The highest BCUT2D eigenvalue weighted by molar-refractivity contribution is 6.06. The number of amides is 1. The Labute approximate surface area is 188 Å². The molecule has 0 atom stereocenters. The van der Waals surface area contributed by atoms with Crippen molar-refractivity contribution >= 4 is 22.8 Å². The molecule has 1 saturated heterocycles. The van der Waals surface area contributed by atoms with Crippen LogP contribution in [-0.2, 0) is 11.3 Å². The predicted molar refractivity (Wildman–Crippen MR) is 128 cm³/mol. The highest BCUT2D eigenvalue weighted by Crippen LogP contribution is 2.18. The molecule has 0 aliphatic carbocycles. The van der Waals surface area contributed by atoms with Gasteiger partial charge in [0.05, 0.1) is 12.2 Å². The number of hydrogen-bond acceptors (Lipinski definition) is 4. The number of nitrogens with zero attached hydrogens (tertiary/aromatic N) is 3. The SMILES string of the molecule is COCCn1cc(C(=O)N2CCN(CC=Cc3ccccc3)CC2)c2ccccc2c1=O. The molecule has 1 aliphatic heterocycles. The van der Waals surface area contributed by atoms with Crippen molar-refractivity contribution in [3.8, 4) is 0 Å². The predicted octanol–water partition coefficient (Wildman–Crippen LogP) is 3.12. The van der Waals surface area contributed by atoms with Crippen LogP contribution in [0.1, 0.15) is 15.9 Å². The minimum Gasteiger partial charge on any atom is -0.383 e. The first-order chi connectivity index (χ1) is 15.7. The molecule has 0 unspecified atom stereocenters. The average molecular weight is 432 g/mol. The molecule has 4 rings (SSSR count). The highest BCUT2D eigenvalue weighted by Gasteiger charge is 2.24. The van der Waals surface area contributed by atoms with E-state index in [1.165, 1.54) is 5.56 Å². The van der Waals surface area contributed by atoms with Gasteiger partial charge in [-0.3, -0.25) is 14.5 Å². The quantitative estimate of drug-likeness (QED) is 0.577. The molecule has 1 fully saturated rings. The summed E-state index contributed by atoms with van der Waals surface area (Å²) in [5.74, 6) is -0.0214. The molecule has 1 aliphatic rings. The van der Waals surface area contributed by atoms with E-state index in [4.69, 9.17) is 4.74 Å². The van der Waals surface area contributed by atoms with Crippen LogP contribution >= 0.6 is 0 Å². The molecule has 166 valence electrons. The van der Waals surface area contributed by atoms with Gasteiger partial charge in [-0.2, -0.15) is 0 Å². The van der Waals surface area contributed by atoms with E-state index in [9.17, 15) is 9.59 Å². The van der Waals surface area contributed by atoms with Crippen molar-refractivity contribution < 1.29 is 9.53 Å². The van der Waals surface area contributed by atoms with Crippen LogP contribution < -0.4 is 5.56 Å². The third-order valence-corrected chi connectivity index (χ3v) is 5.89. The topological polar surface area (TPSA) is 54.8 Å². The number of carbonyl (C=O) groups is 1. The van der Waals surface area contributed by atoms with E-state index < -0.39 is 0 Å². The molecular weight excluding hydrogens is 402 g/mol. The number of hydrogen-bond donors (Lipinski definition) is 0. The maximum absolute atomic E-state index is 13.4. The summed E-state index contributed by atoms with van der Waals surface area (Å²) in [5.41, 5.74) is 1.68. The van der Waals surface area contributed by atoms with Crippen molar-refractivity contribution in [1.82, 2.24) is 14.4 Å². The van der Waals surface area contributed by atoms with E-state index in [1.54, 1.807) is 23.9 Å². The summed E-state index contributed by atoms with van der Waals surface area (Å²) >= 11 is 0. The lowest BCUT2D eigenvalue weighted by Gasteiger charge is -2.34. The summed E-state index contributed by atoms with van der Waals surface area (Å²) in [6.45, 7) is 4.69. The van der Waals surface area contributed by atoms with E-state index >= 15 is 0 Å². The first-order valence-corrected chi connectivity index (χ1v) is 11.0. The molecule has 6 nitrogen and oxygen atoms in total. The molecule has 0 N–H and O–H groups in total. The fraction of sp³-hybridized carbons (Fsp3) is 0.308. The Morgan fingerprint density at radius 2 is 1.66 bits per heavy atom. The number of fused-ring (bicyclic) bond motifs is 1. The molecule has 1 aromatic heterocycles. The third kappa shape index (κ3) is 4.98. The minimum absolute atomic E-state index is 0.0214. The molecule has 2 heterocycles. The molecule has 1 amide bonds. The lowest BCUT2D eigenvalue weighted by molar-refractivity contribution is 0.0651. The van der Waals surface area contributed by atoms with E-state index in [0.717, 1.165) is 19.6 Å². The number of carbonyl (C=O) groups excluding carboxylic acids is 1. The third-order valence-electron chi connectivity index (χ3n) is 5.89. The zero-order valence-corrected chi connectivity index (χ0v) is 18.4. The lowest BCUT2D eigenvalue weighted by Crippen LogP contribution is -2.48. The normalized spacial score (nSPS) is 15.0. The second-order valence-corrected chi connectivity index (χ2v) is 7.99. The Bertz CT molecular complexity index is 1150. The summed E-state index contributed by atoms with van der Waals surface area (Å²) in [5, 5.41) is 1.28. The Kier molecular flexibility index (Phi) is 7.14. The summed E-state index contributed by atoms with van der Waals surface area (Å²) in [6, 6.07) is 17.6. The van der Waals surface area contributed by atoms with Crippen LogP contribution in [0.25, 0.3) is 16.8 Å². The Morgan fingerprint density at radius 3 is 2.38 bits per heavy atom. The number of aromatic nitrogens is 1. The maximum Gasteiger partial charge on any atom is 0.258 e. The fourth-order valence-electron chi connectivity index (χ4n) is 4.08. The summed E-state index contributed by atoms with van der Waals surface area (Å²) < 4.78 is 6.72. The van der Waals surface area contributed by atoms with Crippen molar-refractivity contribution in [2.75, 3.05) is 46.4 Å². The minimum atomic E-state index is -0.0933. The van der Waals surface area contributed by atoms with Crippen LogP contribution in [0.5, 0.6) is 0 Å². The summed E-state index contributed by atoms with van der Waals surface area (Å²) in [6.07, 6.45) is 6.00. The van der Waals surface area contributed by atoms with Gasteiger partial charge in [0.2, 0.25) is 0 Å². The Morgan fingerprint density at radius 1 is 0.969 bits per heavy atom. The summed E-state index contributed by atoms with van der Waals surface area (Å²) in [4.78, 5) is 30.4. The summed E-state index contributed by atoms with van der Waals surface area (Å²) in [7, 11) is 1.60. The van der Waals surface area contributed by atoms with Gasteiger partial charge < -0.3 is 14.2 Å². The van der Waals surface area contributed by atoms with Gasteiger partial charge in [-0.15, -0.1) is 0 Å². The number of pyridine rings is 1. The van der Waals surface area contributed by atoms with Crippen LogP contribution in [0, 0.1) is 0 Å². The molecule has 0 saturated carbocycles. The van der Waals surface area contributed by atoms with Gasteiger partial charge in [-0.25, -0.2) is 0 Å². The zero-order chi connectivity index (χ0) is 22.3. The van der Waals surface area contributed by atoms with Crippen molar-refractivity contribution in [1.29, 1.82) is 0 Å². The van der Waals surface area contributed by atoms with E-state index in [0.29, 0.717) is 42.6 Å². The number of ether oxygens (including phenoxy) is 1. The molecule has 0 radical (unpaired) electrons. The van der Waals surface area contributed by atoms with Crippen LogP contribution in [0.4, 0.5) is 0 Å². The smallest absolute Gasteiger partial charge is 0.258 e. The maximum atomic E-state index is 13.4. The molecule has 32 heavy (non-hydrogen) atoms. The second-order valence-electron chi connectivity index (χ2n) is 7.99. The number of rotatable bonds is 7. The first-order valence-electron chi connectivity index (χ1n) is 11.0. The molecule has 6 heteroatoms. The molecular formula is C26H29N3O3. The van der Waals surface area contributed by atoms with Crippen molar-refractivity contribution in [3.63, 3.8) is 0 Å². The van der Waals surface area contributed by atoms with Crippen molar-refractivity contribution in [3.05, 3.63) is 88.4 Å². The van der Waals surface area contributed by atoms with Gasteiger partial charge in [-0.1, -0.05) is 60.7 Å². The highest BCUT2D eigenvalue weighted by atomic mass is 16.5. The van der Waals surface area contributed by atoms with Gasteiger partial charge in [-0.05, 0) is 11.6 Å². The largest absolute Gasteiger partial charge is 0.383 e. The number of methoxy groups -OCH3 is 1. The van der Waals surface area contributed by atoms with Crippen LogP contribution in [0.2, 0.25) is 0 Å². The van der Waals surface area contributed by atoms with E-state index in [-0.39, 0.29) is 11.5 Å². The molecule has 3 aromatic rings. The van der Waals surface area contributed by atoms with Gasteiger partial charge in [0.1, 0.15) is 0 Å². The Hall–Kier alpha value is -3.22. The van der Waals surface area contributed by atoms with Crippen LogP contribution in [0.3, 0.4) is 0 Å². The molecule has 0 spiro atoms. The number of benzene rings is 2. The average Bonchev–Trinajstić information content (AvgIpc) is 2.84. The molecule has 2 aromatic carbocycles. The van der Waals surface area contributed by atoms with Gasteiger partial charge in [0.25, 0.3) is 11.5 Å². The fourth-order valence-corrected chi connectivity index (χ4v) is 4.08. The second kappa shape index (κ2) is 10.4. The van der Waals surface area contributed by atoms with Crippen LogP contribution in [-0.4, -0.2) is 66.7 Å². The number of piperazine rings is 1. The standard InChI is InChI=1S/C26H29N3O3/c1-32-19-18-29-20-24(22-11-5-6-12-23(22)25(29)30)26(31)28-16-14-27(15-17-28)13-7-10-21-8-3-2-4-9-21/h2-12,20H,13-19H2,1H3. The van der Waals surface area contributed by atoms with Crippen molar-refractivity contribution in [2.45, 2.75) is 6.54 Å². The first kappa shape index (κ1) is 22.0. The van der Waals surface area contributed by atoms with E-state index in [1.807, 2.05) is 41.3 Å². The lowest BCUT2D eigenvalue weighted by atomic mass is 10.1.